The second kappa shape index (κ2) is 10.4. The highest BCUT2D eigenvalue weighted by Crippen LogP contribution is 2.35. The van der Waals surface area contributed by atoms with Crippen LogP contribution in [0.5, 0.6) is 11.5 Å². The number of hydrogen-bond acceptors (Lipinski definition) is 7. The summed E-state index contributed by atoms with van der Waals surface area (Å²) in [7, 11) is 0. The Morgan fingerprint density at radius 3 is 2.37 bits per heavy atom. The summed E-state index contributed by atoms with van der Waals surface area (Å²) in [6.07, 6.45) is 7.85. The summed E-state index contributed by atoms with van der Waals surface area (Å²) in [6.45, 7) is 10.0. The van der Waals surface area contributed by atoms with Crippen LogP contribution >= 0.6 is 0 Å². The first-order valence-corrected chi connectivity index (χ1v) is 12.4. The minimum Gasteiger partial charge on any atom is -0.492 e. The van der Waals surface area contributed by atoms with Gasteiger partial charge in [-0.05, 0) is 69.5 Å². The Hall–Kier alpha value is -3.52. The van der Waals surface area contributed by atoms with Crippen LogP contribution in [0, 0.1) is 6.92 Å². The topological polar surface area (TPSA) is 77.6 Å². The summed E-state index contributed by atoms with van der Waals surface area (Å²) < 4.78 is 20.1. The van der Waals surface area contributed by atoms with E-state index in [-0.39, 0.29) is 0 Å². The monoisotopic (exact) mass is 475 g/mol. The Kier molecular flexibility index (Phi) is 6.90. The number of ether oxygens (including phenoxy) is 2. The molecule has 8 nitrogen and oxygen atoms in total. The highest BCUT2D eigenvalue weighted by molar-refractivity contribution is 5.76. The molecule has 1 aliphatic heterocycles. The lowest BCUT2D eigenvalue weighted by Gasteiger charge is -2.32. The molecule has 4 heterocycles. The number of hydrogen-bond donors (Lipinski definition) is 1. The average Bonchev–Trinajstić information content (AvgIpc) is 3.52. The number of pyridine rings is 1. The summed E-state index contributed by atoms with van der Waals surface area (Å²) in [5, 5.41) is 3.48. The molecule has 0 radical (unpaired) electrons. The van der Waals surface area contributed by atoms with Crippen molar-refractivity contribution in [2.24, 2.45) is 0 Å². The summed E-state index contributed by atoms with van der Waals surface area (Å²) in [6, 6.07) is 11.1. The van der Waals surface area contributed by atoms with Gasteiger partial charge in [0.15, 0.2) is 5.58 Å². The van der Waals surface area contributed by atoms with Gasteiger partial charge in [-0.2, -0.15) is 4.98 Å². The Labute approximate surface area is 205 Å². The van der Waals surface area contributed by atoms with E-state index in [1.54, 1.807) is 6.20 Å². The van der Waals surface area contributed by atoms with Gasteiger partial charge in [0.25, 0.3) is 6.01 Å². The van der Waals surface area contributed by atoms with Gasteiger partial charge in [0.1, 0.15) is 22.7 Å². The lowest BCUT2D eigenvalue weighted by Crippen LogP contribution is -2.38. The number of aryl methyl sites for hydroxylation is 1. The molecule has 1 fully saturated rings. The molecule has 184 valence electrons. The molecule has 3 aromatic heterocycles. The molecule has 35 heavy (non-hydrogen) atoms. The van der Waals surface area contributed by atoms with E-state index in [1.165, 1.54) is 5.56 Å². The Morgan fingerprint density at radius 1 is 1.06 bits per heavy atom. The first-order chi connectivity index (χ1) is 17.1. The van der Waals surface area contributed by atoms with Crippen molar-refractivity contribution in [1.82, 2.24) is 19.4 Å². The Balaban J connectivity index is 1.26. The smallest absolute Gasteiger partial charge is 0.295 e. The predicted molar refractivity (Wildman–Crippen MR) is 137 cm³/mol. The Morgan fingerprint density at radius 2 is 1.74 bits per heavy atom. The first-order valence-electron chi connectivity index (χ1n) is 12.4. The first kappa shape index (κ1) is 23.2. The van der Waals surface area contributed by atoms with E-state index < -0.39 is 0 Å². The maximum Gasteiger partial charge on any atom is 0.295 e. The molecule has 0 bridgehead atoms. The molecule has 1 aliphatic rings. The number of likely N-dealkylation sites (tertiary alicyclic amines) is 1. The van der Waals surface area contributed by atoms with Gasteiger partial charge in [-0.25, -0.2) is 0 Å². The molecule has 0 saturated carbocycles. The van der Waals surface area contributed by atoms with Crippen LogP contribution in [0.1, 0.15) is 37.9 Å². The van der Waals surface area contributed by atoms with Gasteiger partial charge >= 0.3 is 0 Å². The number of aromatic nitrogens is 3. The molecule has 4 aromatic rings. The second-order valence-corrected chi connectivity index (χ2v) is 8.86. The van der Waals surface area contributed by atoms with Crippen LogP contribution in [0.4, 0.5) is 6.01 Å². The molecule has 0 unspecified atom stereocenters. The highest BCUT2D eigenvalue weighted by Gasteiger charge is 2.22. The van der Waals surface area contributed by atoms with Crippen LogP contribution in [0.3, 0.4) is 0 Å². The molecule has 1 saturated heterocycles. The van der Waals surface area contributed by atoms with E-state index >= 15 is 0 Å². The van der Waals surface area contributed by atoms with Crippen LogP contribution < -0.4 is 14.8 Å². The number of oxazole rings is 1. The van der Waals surface area contributed by atoms with Crippen molar-refractivity contribution in [2.75, 3.05) is 31.6 Å². The number of nitrogens with zero attached hydrogens (tertiary/aromatic N) is 4. The molecular weight excluding hydrogens is 442 g/mol. The number of piperidine rings is 1. The van der Waals surface area contributed by atoms with Crippen molar-refractivity contribution in [1.29, 1.82) is 0 Å². The zero-order valence-electron chi connectivity index (χ0n) is 20.7. The normalized spacial score (nSPS) is 14.9. The van der Waals surface area contributed by atoms with Crippen molar-refractivity contribution >= 4 is 17.1 Å². The zero-order valence-corrected chi connectivity index (χ0v) is 20.7. The summed E-state index contributed by atoms with van der Waals surface area (Å²) in [4.78, 5) is 11.3. The minimum atomic E-state index is 0.335. The number of rotatable bonds is 9. The molecule has 1 N–H and O–H groups in total. The predicted octanol–water partition coefficient (Wildman–Crippen LogP) is 5.20. The summed E-state index contributed by atoms with van der Waals surface area (Å²) in [5.41, 5.74) is 4.61. The van der Waals surface area contributed by atoms with Crippen molar-refractivity contribution in [3.8, 4) is 17.2 Å². The van der Waals surface area contributed by atoms with Crippen LogP contribution in [-0.2, 0) is 6.54 Å². The van der Waals surface area contributed by atoms with Crippen LogP contribution in [0.15, 0.2) is 53.3 Å². The van der Waals surface area contributed by atoms with Crippen molar-refractivity contribution in [3.63, 3.8) is 0 Å². The number of fused-ring (bicyclic) bond motifs is 1. The number of nitrogens with one attached hydrogen (secondary N) is 1. The fourth-order valence-electron chi connectivity index (χ4n) is 4.71. The van der Waals surface area contributed by atoms with E-state index in [2.05, 4.69) is 36.9 Å². The number of benzene rings is 1. The Bertz CT molecular complexity index is 1230. The fourth-order valence-corrected chi connectivity index (χ4v) is 4.71. The molecule has 0 atom stereocenters. The average molecular weight is 476 g/mol. The van der Waals surface area contributed by atoms with Crippen LogP contribution in [0.25, 0.3) is 16.8 Å². The maximum absolute atomic E-state index is 6.04. The van der Waals surface area contributed by atoms with Gasteiger partial charge in [-0.15, -0.1) is 0 Å². The molecular formula is C27H33N5O3. The van der Waals surface area contributed by atoms with Gasteiger partial charge in [-0.3, -0.25) is 9.88 Å². The highest BCUT2D eigenvalue weighted by atomic mass is 16.5. The number of anilines is 1. The van der Waals surface area contributed by atoms with Gasteiger partial charge < -0.3 is 23.8 Å². The third kappa shape index (κ3) is 5.12. The van der Waals surface area contributed by atoms with Gasteiger partial charge in [0, 0.05) is 44.3 Å². The van der Waals surface area contributed by atoms with Crippen molar-refractivity contribution in [3.05, 3.63) is 60.2 Å². The molecule has 0 aliphatic carbocycles. The molecule has 1 aromatic carbocycles. The van der Waals surface area contributed by atoms with E-state index in [0.29, 0.717) is 25.3 Å². The maximum atomic E-state index is 6.04. The molecule has 0 spiro atoms. The molecule has 0 amide bonds. The van der Waals surface area contributed by atoms with Gasteiger partial charge in [0.05, 0.1) is 18.9 Å². The fraction of sp³-hybridized carbons (Fsp3) is 0.407. The quantitative estimate of drug-likeness (QED) is 0.357. The van der Waals surface area contributed by atoms with E-state index in [9.17, 15) is 0 Å². The third-order valence-electron chi connectivity index (χ3n) is 6.37. The van der Waals surface area contributed by atoms with E-state index in [0.717, 1.165) is 66.5 Å². The van der Waals surface area contributed by atoms with Gasteiger partial charge in [0.2, 0.25) is 0 Å². The van der Waals surface area contributed by atoms with Crippen LogP contribution in [-0.4, -0.2) is 51.8 Å². The largest absolute Gasteiger partial charge is 0.492 e. The van der Waals surface area contributed by atoms with Gasteiger partial charge in [-0.1, -0.05) is 0 Å². The van der Waals surface area contributed by atoms with Crippen molar-refractivity contribution < 1.29 is 13.9 Å². The van der Waals surface area contributed by atoms with Crippen LogP contribution in [0.2, 0.25) is 0 Å². The standard InChI is InChI=1S/C27H33N5O3/c1-4-33-23-16-20(17-24(34-5-2)25(23)32-12-6-7-13-32)18-31-14-9-21(10-15-31)29-27-30-22-8-11-28-19(3)26(22)35-27/h6-8,11-13,16-17,21H,4-5,9-10,14-15,18H2,1-3H3,(H,29,30). The van der Waals surface area contributed by atoms with Crippen molar-refractivity contribution in [2.45, 2.75) is 46.2 Å². The zero-order chi connectivity index (χ0) is 24.2. The lowest BCUT2D eigenvalue weighted by molar-refractivity contribution is 0.209. The van der Waals surface area contributed by atoms with E-state index in [4.69, 9.17) is 13.9 Å². The van der Waals surface area contributed by atoms with E-state index in [1.807, 2.05) is 51.4 Å². The third-order valence-corrected chi connectivity index (χ3v) is 6.37. The summed E-state index contributed by atoms with van der Waals surface area (Å²) >= 11 is 0. The molecule has 8 heteroatoms. The second-order valence-electron chi connectivity index (χ2n) is 8.86. The minimum absolute atomic E-state index is 0.335. The lowest BCUT2D eigenvalue weighted by atomic mass is 10.0. The SMILES string of the molecule is CCOc1cc(CN2CCC(Nc3nc4ccnc(C)c4o3)CC2)cc(OCC)c1-n1cccc1. The molecule has 5 rings (SSSR count). The summed E-state index contributed by atoms with van der Waals surface area (Å²) in [5.74, 6) is 1.70.